The van der Waals surface area contributed by atoms with Crippen molar-refractivity contribution in [3.8, 4) is 0 Å². The first-order chi connectivity index (χ1) is 9.92. The number of fused-ring (bicyclic) bond motifs is 1. The fraction of sp³-hybridized carbons (Fsp3) is 0.385. The van der Waals surface area contributed by atoms with E-state index in [1.807, 2.05) is 0 Å². The van der Waals surface area contributed by atoms with E-state index in [2.05, 4.69) is 5.16 Å². The molecule has 114 valence electrons. The van der Waals surface area contributed by atoms with Crippen LogP contribution in [0.2, 0.25) is 5.02 Å². The number of ether oxygens (including phenoxy) is 1. The second-order valence-corrected chi connectivity index (χ2v) is 6.77. The molecule has 0 bridgehead atoms. The molecule has 0 saturated carbocycles. The third-order valence-corrected chi connectivity index (χ3v) is 5.18. The number of sulfone groups is 1. The maximum atomic E-state index is 12.1. The van der Waals surface area contributed by atoms with Gasteiger partial charge in [0.15, 0.2) is 9.84 Å². The summed E-state index contributed by atoms with van der Waals surface area (Å²) in [5.74, 6) is -0.679. The summed E-state index contributed by atoms with van der Waals surface area (Å²) >= 11 is 6.21. The van der Waals surface area contributed by atoms with Crippen LogP contribution < -0.4 is 0 Å². The minimum Gasteiger partial charge on any atom is -0.462 e. The normalized spacial score (nSPS) is 18.1. The van der Waals surface area contributed by atoms with Crippen molar-refractivity contribution in [1.29, 1.82) is 0 Å². The molecule has 0 saturated heterocycles. The maximum absolute atomic E-state index is 12.1. The van der Waals surface area contributed by atoms with Crippen molar-refractivity contribution in [2.75, 3.05) is 19.5 Å². The number of hydrogen-bond donors (Lipinski definition) is 0. The highest BCUT2D eigenvalue weighted by Gasteiger charge is 2.32. The molecule has 0 N–H and O–H groups in total. The summed E-state index contributed by atoms with van der Waals surface area (Å²) < 4.78 is 29.1. The van der Waals surface area contributed by atoms with Crippen molar-refractivity contribution in [1.82, 2.24) is 0 Å². The van der Waals surface area contributed by atoms with Crippen LogP contribution in [0.15, 0.2) is 22.2 Å². The first-order valence-electron chi connectivity index (χ1n) is 6.25. The van der Waals surface area contributed by atoms with Crippen LogP contribution in [0.1, 0.15) is 29.3 Å². The maximum Gasteiger partial charge on any atom is 0.339 e. The summed E-state index contributed by atoms with van der Waals surface area (Å²) in [4.78, 5) is 16.6. The molecule has 0 unspecified atom stereocenters. The van der Waals surface area contributed by atoms with Crippen LogP contribution in [-0.2, 0) is 19.4 Å². The van der Waals surface area contributed by atoms with E-state index < -0.39 is 15.8 Å². The molecule has 21 heavy (non-hydrogen) atoms. The van der Waals surface area contributed by atoms with Crippen molar-refractivity contribution < 1.29 is 22.8 Å². The smallest absolute Gasteiger partial charge is 0.339 e. The molecule has 1 aliphatic heterocycles. The summed E-state index contributed by atoms with van der Waals surface area (Å²) in [6.45, 7) is 1.87. The number of hydrogen-bond acceptors (Lipinski definition) is 6. The van der Waals surface area contributed by atoms with Crippen LogP contribution >= 0.6 is 11.6 Å². The van der Waals surface area contributed by atoms with Gasteiger partial charge in [0.25, 0.3) is 0 Å². The van der Waals surface area contributed by atoms with Crippen molar-refractivity contribution in [2.24, 2.45) is 5.16 Å². The summed E-state index contributed by atoms with van der Waals surface area (Å²) in [5, 5.41) is 3.83. The quantitative estimate of drug-likeness (QED) is 0.625. The SMILES string of the molecule is CCOC(=O)c1ccc2c(c1Cl)C(=NOC)CCS2(=O)=O. The molecular formula is C13H14ClNO5S. The molecule has 1 aliphatic rings. The molecule has 8 heteroatoms. The Morgan fingerprint density at radius 1 is 1.43 bits per heavy atom. The van der Waals surface area contributed by atoms with Crippen LogP contribution in [0.4, 0.5) is 0 Å². The Kier molecular flexibility index (Phi) is 4.53. The Hall–Kier alpha value is -1.60. The molecule has 0 atom stereocenters. The van der Waals surface area contributed by atoms with E-state index in [0.29, 0.717) is 5.71 Å². The highest BCUT2D eigenvalue weighted by Crippen LogP contribution is 2.34. The van der Waals surface area contributed by atoms with Gasteiger partial charge in [-0.1, -0.05) is 16.8 Å². The van der Waals surface area contributed by atoms with Gasteiger partial charge >= 0.3 is 5.97 Å². The predicted octanol–water partition coefficient (Wildman–Crippen LogP) is 2.04. The molecule has 6 nitrogen and oxygen atoms in total. The molecule has 2 rings (SSSR count). The first kappa shape index (κ1) is 15.8. The van der Waals surface area contributed by atoms with Gasteiger partial charge in [0, 0.05) is 12.0 Å². The van der Waals surface area contributed by atoms with Crippen LogP contribution in [0.3, 0.4) is 0 Å². The number of halogens is 1. The molecule has 0 aliphatic carbocycles. The number of rotatable bonds is 3. The lowest BCUT2D eigenvalue weighted by Gasteiger charge is -2.20. The monoisotopic (exact) mass is 331 g/mol. The van der Waals surface area contributed by atoms with Gasteiger partial charge < -0.3 is 9.57 Å². The fourth-order valence-electron chi connectivity index (χ4n) is 2.12. The zero-order chi connectivity index (χ0) is 15.6. The number of benzene rings is 1. The Labute approximate surface area is 127 Å². The van der Waals surface area contributed by atoms with Gasteiger partial charge in [-0.2, -0.15) is 0 Å². The van der Waals surface area contributed by atoms with Gasteiger partial charge in [-0.3, -0.25) is 0 Å². The summed E-state index contributed by atoms with van der Waals surface area (Å²) in [5.41, 5.74) is 0.729. The van der Waals surface area contributed by atoms with Gasteiger partial charge in [-0.25, -0.2) is 13.2 Å². The summed E-state index contributed by atoms with van der Waals surface area (Å²) in [7, 11) is -2.08. The van der Waals surface area contributed by atoms with E-state index >= 15 is 0 Å². The van der Waals surface area contributed by atoms with Crippen molar-refractivity contribution >= 4 is 33.1 Å². The molecule has 0 amide bonds. The zero-order valence-electron chi connectivity index (χ0n) is 11.6. The van der Waals surface area contributed by atoms with Gasteiger partial charge in [0.1, 0.15) is 7.11 Å². The second kappa shape index (κ2) is 6.03. The van der Waals surface area contributed by atoms with Crippen molar-refractivity contribution in [2.45, 2.75) is 18.2 Å². The highest BCUT2D eigenvalue weighted by molar-refractivity contribution is 7.91. The second-order valence-electron chi connectivity index (χ2n) is 4.31. The number of nitrogens with zero attached hydrogens (tertiary/aromatic N) is 1. The zero-order valence-corrected chi connectivity index (χ0v) is 13.1. The largest absolute Gasteiger partial charge is 0.462 e. The van der Waals surface area contributed by atoms with Gasteiger partial charge in [0.05, 0.1) is 33.6 Å². The molecule has 0 spiro atoms. The molecule has 1 aromatic rings. The predicted molar refractivity (Wildman–Crippen MR) is 77.6 cm³/mol. The Morgan fingerprint density at radius 2 is 2.14 bits per heavy atom. The number of carbonyl (C=O) groups is 1. The topological polar surface area (TPSA) is 82.0 Å². The third-order valence-electron chi connectivity index (χ3n) is 3.03. The van der Waals surface area contributed by atoms with Crippen molar-refractivity contribution in [3.63, 3.8) is 0 Å². The number of esters is 1. The number of oxime groups is 1. The molecule has 0 radical (unpaired) electrons. The minimum absolute atomic E-state index is 0.0185. The van der Waals surface area contributed by atoms with E-state index in [4.69, 9.17) is 21.2 Å². The van der Waals surface area contributed by atoms with Crippen LogP contribution in [0.25, 0.3) is 0 Å². The summed E-state index contributed by atoms with van der Waals surface area (Å²) in [6.07, 6.45) is 0.176. The average molecular weight is 332 g/mol. The van der Waals surface area contributed by atoms with E-state index in [1.165, 1.54) is 19.2 Å². The Bertz CT molecular complexity index is 712. The van der Waals surface area contributed by atoms with Crippen LogP contribution in [-0.4, -0.2) is 39.6 Å². The molecule has 0 aromatic heterocycles. The first-order valence-corrected chi connectivity index (χ1v) is 8.28. The van der Waals surface area contributed by atoms with Gasteiger partial charge in [-0.05, 0) is 19.1 Å². The standard InChI is InChI=1S/C13H14ClNO5S/c1-3-20-13(16)8-4-5-10-11(12(8)14)9(15-19-2)6-7-21(10,17)18/h4-5H,3,6-7H2,1-2H3. The lowest BCUT2D eigenvalue weighted by molar-refractivity contribution is 0.0526. The van der Waals surface area contributed by atoms with E-state index in [9.17, 15) is 13.2 Å². The van der Waals surface area contributed by atoms with E-state index in [-0.39, 0.29) is 39.8 Å². The Balaban J connectivity index is 2.68. The molecule has 1 heterocycles. The Morgan fingerprint density at radius 3 is 2.76 bits per heavy atom. The van der Waals surface area contributed by atoms with Crippen molar-refractivity contribution in [3.05, 3.63) is 28.3 Å². The average Bonchev–Trinajstić information content (AvgIpc) is 2.42. The van der Waals surface area contributed by atoms with Gasteiger partial charge in [0.2, 0.25) is 0 Å². The van der Waals surface area contributed by atoms with Crippen LogP contribution in [0, 0.1) is 0 Å². The molecule has 1 aromatic carbocycles. The lowest BCUT2D eigenvalue weighted by Crippen LogP contribution is -2.23. The minimum atomic E-state index is -3.44. The van der Waals surface area contributed by atoms with Gasteiger partial charge in [-0.15, -0.1) is 0 Å². The fourth-order valence-corrected chi connectivity index (χ4v) is 4.02. The molecule has 0 fully saturated rings. The van der Waals surface area contributed by atoms with Crippen LogP contribution in [0.5, 0.6) is 0 Å². The molecular weight excluding hydrogens is 318 g/mol. The lowest BCUT2D eigenvalue weighted by atomic mass is 10.0. The number of carbonyl (C=O) groups excluding carboxylic acids is 1. The third kappa shape index (κ3) is 2.89. The summed E-state index contributed by atoms with van der Waals surface area (Å²) in [6, 6.07) is 2.71. The van der Waals surface area contributed by atoms with E-state index in [0.717, 1.165) is 0 Å². The van der Waals surface area contributed by atoms with E-state index in [1.54, 1.807) is 6.92 Å². The highest BCUT2D eigenvalue weighted by atomic mass is 35.5.